The molecule has 0 unspecified atom stereocenters. The van der Waals surface area contributed by atoms with Crippen LogP contribution in [0, 0.1) is 0 Å². The molecule has 0 spiro atoms. The molecule has 0 aliphatic heterocycles. The molecule has 7 heteroatoms. The van der Waals surface area contributed by atoms with Crippen LogP contribution in [0.5, 0.6) is 0 Å². The van der Waals surface area contributed by atoms with E-state index < -0.39 is 12.0 Å². The van der Waals surface area contributed by atoms with Gasteiger partial charge in [-0.05, 0) is 18.1 Å². The SMILES string of the molecule is CCCn1nc(CN[C@@H](Cc2c[nH]c3ccccc23)C(=O)O)c(-c2ccccc2)n1. The lowest BCUT2D eigenvalue weighted by molar-refractivity contribution is -0.139. The molecule has 3 N–H and O–H groups in total. The van der Waals surface area contributed by atoms with Crippen LogP contribution in [0.1, 0.15) is 24.6 Å². The molecule has 154 valence electrons. The summed E-state index contributed by atoms with van der Waals surface area (Å²) in [6.45, 7) is 3.12. The lowest BCUT2D eigenvalue weighted by Crippen LogP contribution is -2.38. The minimum atomic E-state index is -0.887. The molecular formula is C23H25N5O2. The maximum atomic E-state index is 11.9. The first-order valence-corrected chi connectivity index (χ1v) is 10.2. The molecule has 2 heterocycles. The minimum Gasteiger partial charge on any atom is -0.480 e. The van der Waals surface area contributed by atoms with E-state index in [9.17, 15) is 9.90 Å². The van der Waals surface area contributed by atoms with Crippen molar-refractivity contribution in [3.63, 3.8) is 0 Å². The highest BCUT2D eigenvalue weighted by molar-refractivity contribution is 5.84. The van der Waals surface area contributed by atoms with Crippen LogP contribution in [0.25, 0.3) is 22.2 Å². The second-order valence-corrected chi connectivity index (χ2v) is 7.29. The number of H-pyrrole nitrogens is 1. The van der Waals surface area contributed by atoms with Crippen LogP contribution in [0.4, 0.5) is 0 Å². The molecule has 0 aliphatic rings. The molecule has 0 saturated heterocycles. The predicted octanol–water partition coefficient (Wildman–Crippen LogP) is 3.62. The van der Waals surface area contributed by atoms with Gasteiger partial charge in [0.25, 0.3) is 0 Å². The van der Waals surface area contributed by atoms with Crippen molar-refractivity contribution in [2.45, 2.75) is 38.9 Å². The number of hydrogen-bond acceptors (Lipinski definition) is 4. The number of benzene rings is 2. The van der Waals surface area contributed by atoms with Crippen molar-refractivity contribution in [2.75, 3.05) is 0 Å². The number of aliphatic carboxylic acids is 1. The number of para-hydroxylation sites is 1. The van der Waals surface area contributed by atoms with Gasteiger partial charge in [-0.25, -0.2) is 0 Å². The van der Waals surface area contributed by atoms with Gasteiger partial charge in [-0.1, -0.05) is 55.5 Å². The van der Waals surface area contributed by atoms with Crippen LogP contribution in [0.2, 0.25) is 0 Å². The topological polar surface area (TPSA) is 95.8 Å². The van der Waals surface area contributed by atoms with E-state index in [-0.39, 0.29) is 0 Å². The molecule has 0 amide bonds. The Balaban J connectivity index is 1.55. The van der Waals surface area contributed by atoms with Gasteiger partial charge < -0.3 is 10.1 Å². The zero-order valence-electron chi connectivity index (χ0n) is 16.9. The molecular weight excluding hydrogens is 378 g/mol. The number of fused-ring (bicyclic) bond motifs is 1. The average molecular weight is 403 g/mol. The Hall–Kier alpha value is -3.45. The number of aromatic nitrogens is 4. The first kappa shape index (κ1) is 19.8. The Morgan fingerprint density at radius 1 is 1.13 bits per heavy atom. The van der Waals surface area contributed by atoms with Gasteiger partial charge in [-0.3, -0.25) is 10.1 Å². The summed E-state index contributed by atoms with van der Waals surface area (Å²) in [4.78, 5) is 16.8. The van der Waals surface area contributed by atoms with Gasteiger partial charge in [-0.15, -0.1) is 0 Å². The number of aryl methyl sites for hydroxylation is 1. The maximum Gasteiger partial charge on any atom is 0.321 e. The van der Waals surface area contributed by atoms with Crippen LogP contribution < -0.4 is 5.32 Å². The molecule has 0 fully saturated rings. The van der Waals surface area contributed by atoms with Gasteiger partial charge in [0.2, 0.25) is 0 Å². The van der Waals surface area contributed by atoms with Gasteiger partial charge in [0.15, 0.2) is 0 Å². The Morgan fingerprint density at radius 2 is 1.90 bits per heavy atom. The van der Waals surface area contributed by atoms with Gasteiger partial charge in [-0.2, -0.15) is 15.0 Å². The van der Waals surface area contributed by atoms with Crippen molar-refractivity contribution in [3.05, 3.63) is 72.1 Å². The van der Waals surface area contributed by atoms with Crippen molar-refractivity contribution < 1.29 is 9.90 Å². The monoisotopic (exact) mass is 403 g/mol. The second kappa shape index (κ2) is 8.92. The van der Waals surface area contributed by atoms with Gasteiger partial charge in [0, 0.05) is 35.6 Å². The highest BCUT2D eigenvalue weighted by Crippen LogP contribution is 2.22. The van der Waals surface area contributed by atoms with E-state index >= 15 is 0 Å². The Kier molecular flexibility index (Phi) is 5.90. The summed E-state index contributed by atoms with van der Waals surface area (Å²) in [7, 11) is 0. The number of rotatable bonds is 9. The van der Waals surface area contributed by atoms with Gasteiger partial charge >= 0.3 is 5.97 Å². The molecule has 0 saturated carbocycles. The Labute approximate surface area is 174 Å². The minimum absolute atomic E-state index is 0.327. The number of nitrogens with zero attached hydrogens (tertiary/aromatic N) is 3. The summed E-state index contributed by atoms with van der Waals surface area (Å²) in [6, 6.07) is 17.0. The molecule has 2 aromatic heterocycles. The fourth-order valence-electron chi connectivity index (χ4n) is 3.61. The highest BCUT2D eigenvalue weighted by atomic mass is 16.4. The van der Waals surface area contributed by atoms with E-state index in [1.54, 1.807) is 4.80 Å². The van der Waals surface area contributed by atoms with Crippen molar-refractivity contribution in [2.24, 2.45) is 0 Å². The summed E-state index contributed by atoms with van der Waals surface area (Å²) in [5, 5.41) is 23.2. The largest absolute Gasteiger partial charge is 0.480 e. The number of carboxylic acids is 1. The van der Waals surface area contributed by atoms with E-state index in [1.165, 1.54) is 0 Å². The van der Waals surface area contributed by atoms with E-state index in [0.29, 0.717) is 13.0 Å². The molecule has 7 nitrogen and oxygen atoms in total. The fourth-order valence-corrected chi connectivity index (χ4v) is 3.61. The molecule has 4 aromatic rings. The van der Waals surface area contributed by atoms with Crippen LogP contribution in [0.3, 0.4) is 0 Å². The number of aromatic amines is 1. The molecule has 30 heavy (non-hydrogen) atoms. The van der Waals surface area contributed by atoms with Crippen LogP contribution in [-0.4, -0.2) is 37.1 Å². The normalized spacial score (nSPS) is 12.3. The van der Waals surface area contributed by atoms with E-state index in [1.807, 2.05) is 60.8 Å². The van der Waals surface area contributed by atoms with Crippen molar-refractivity contribution in [1.82, 2.24) is 25.3 Å². The fraction of sp³-hybridized carbons (Fsp3) is 0.261. The van der Waals surface area contributed by atoms with E-state index in [0.717, 1.165) is 46.4 Å². The third-order valence-corrected chi connectivity index (χ3v) is 5.11. The lowest BCUT2D eigenvalue weighted by Gasteiger charge is -2.13. The lowest BCUT2D eigenvalue weighted by atomic mass is 10.0. The summed E-state index contributed by atoms with van der Waals surface area (Å²) in [6.07, 6.45) is 3.19. The summed E-state index contributed by atoms with van der Waals surface area (Å²) in [5.41, 5.74) is 4.49. The zero-order valence-corrected chi connectivity index (χ0v) is 16.9. The summed E-state index contributed by atoms with van der Waals surface area (Å²) < 4.78 is 0. The zero-order chi connectivity index (χ0) is 20.9. The van der Waals surface area contributed by atoms with E-state index in [4.69, 9.17) is 0 Å². The third-order valence-electron chi connectivity index (χ3n) is 5.11. The summed E-state index contributed by atoms with van der Waals surface area (Å²) >= 11 is 0. The van der Waals surface area contributed by atoms with Crippen molar-refractivity contribution in [3.8, 4) is 11.3 Å². The average Bonchev–Trinajstić information content (AvgIpc) is 3.36. The number of hydrogen-bond donors (Lipinski definition) is 3. The number of nitrogens with one attached hydrogen (secondary N) is 2. The molecule has 0 bridgehead atoms. The van der Waals surface area contributed by atoms with Crippen LogP contribution in [-0.2, 0) is 24.3 Å². The molecule has 0 radical (unpaired) electrons. The molecule has 4 rings (SSSR count). The Morgan fingerprint density at radius 3 is 2.67 bits per heavy atom. The smallest absolute Gasteiger partial charge is 0.321 e. The number of carboxylic acid groups (broad SMARTS) is 1. The Bertz CT molecular complexity index is 1130. The predicted molar refractivity (Wildman–Crippen MR) is 116 cm³/mol. The van der Waals surface area contributed by atoms with Gasteiger partial charge in [0.1, 0.15) is 17.4 Å². The maximum absolute atomic E-state index is 11.9. The molecule has 1 atom stereocenters. The first-order chi connectivity index (χ1) is 14.7. The van der Waals surface area contributed by atoms with Crippen LogP contribution >= 0.6 is 0 Å². The van der Waals surface area contributed by atoms with Crippen molar-refractivity contribution in [1.29, 1.82) is 0 Å². The van der Waals surface area contributed by atoms with E-state index in [2.05, 4.69) is 27.4 Å². The van der Waals surface area contributed by atoms with Gasteiger partial charge in [0.05, 0.1) is 6.54 Å². The number of carbonyl (C=O) groups is 1. The second-order valence-electron chi connectivity index (χ2n) is 7.29. The third kappa shape index (κ3) is 4.26. The van der Waals surface area contributed by atoms with Crippen LogP contribution in [0.15, 0.2) is 60.8 Å². The highest BCUT2D eigenvalue weighted by Gasteiger charge is 2.21. The standard InChI is InChI=1S/C23H25N5O2/c1-2-12-28-26-21(22(27-28)16-8-4-3-5-9-16)15-25-20(23(29)30)13-17-14-24-19-11-7-6-10-18(17)19/h3-11,14,20,24-25H,2,12-13,15H2,1H3,(H,29,30)/t20-/m0/s1. The molecule has 2 aromatic carbocycles. The molecule has 0 aliphatic carbocycles. The summed E-state index contributed by atoms with van der Waals surface area (Å²) in [5.74, 6) is -0.887. The van der Waals surface area contributed by atoms with Crippen molar-refractivity contribution >= 4 is 16.9 Å². The quantitative estimate of drug-likeness (QED) is 0.397. The first-order valence-electron chi connectivity index (χ1n) is 10.2.